The third-order valence-electron chi connectivity index (χ3n) is 2.60. The summed E-state index contributed by atoms with van der Waals surface area (Å²) in [5, 5.41) is 0. The van der Waals surface area contributed by atoms with Gasteiger partial charge in [-0.05, 0) is 25.0 Å². The minimum absolute atomic E-state index is 0.286. The smallest absolute Gasteiger partial charge is 0.336 e. The van der Waals surface area contributed by atoms with Gasteiger partial charge in [0.1, 0.15) is 0 Å². The van der Waals surface area contributed by atoms with Crippen LogP contribution in [0.3, 0.4) is 0 Å². The predicted octanol–water partition coefficient (Wildman–Crippen LogP) is 3.45. The van der Waals surface area contributed by atoms with Crippen molar-refractivity contribution in [3.63, 3.8) is 0 Å². The Labute approximate surface area is 115 Å². The van der Waals surface area contributed by atoms with Gasteiger partial charge in [0, 0.05) is 6.61 Å². The first-order valence-electron chi connectivity index (χ1n) is 6.78. The van der Waals surface area contributed by atoms with Crippen LogP contribution in [0.5, 0.6) is 0 Å². The molecule has 1 aromatic rings. The number of ether oxygens (including phenoxy) is 2. The zero-order chi connectivity index (χ0) is 13.9. The predicted molar refractivity (Wildman–Crippen MR) is 76.8 cm³/mol. The highest BCUT2D eigenvalue weighted by Crippen LogP contribution is 2.09. The van der Waals surface area contributed by atoms with Gasteiger partial charge in [-0.3, -0.25) is 0 Å². The average molecular weight is 262 g/mol. The number of rotatable bonds is 8. The average Bonchev–Trinajstić information content (AvgIpc) is 2.44. The van der Waals surface area contributed by atoms with Crippen LogP contribution >= 0.6 is 0 Å². The lowest BCUT2D eigenvalue weighted by Crippen LogP contribution is -2.13. The molecule has 0 radical (unpaired) electrons. The zero-order valence-electron chi connectivity index (χ0n) is 11.7. The van der Waals surface area contributed by atoms with Crippen LogP contribution in [0.4, 0.5) is 0 Å². The van der Waals surface area contributed by atoms with E-state index in [0.29, 0.717) is 18.8 Å². The summed E-state index contributed by atoms with van der Waals surface area (Å²) < 4.78 is 10.6. The first kappa shape index (κ1) is 15.4. The summed E-state index contributed by atoms with van der Waals surface area (Å²) in [6.07, 6.45) is 3.72. The van der Waals surface area contributed by atoms with Crippen LogP contribution < -0.4 is 0 Å². The molecule has 0 fully saturated rings. The Balaban J connectivity index is 2.70. The summed E-state index contributed by atoms with van der Waals surface area (Å²) >= 11 is 0. The van der Waals surface area contributed by atoms with Gasteiger partial charge in [0.25, 0.3) is 0 Å². The van der Waals surface area contributed by atoms with Crippen LogP contribution in [-0.4, -0.2) is 25.8 Å². The summed E-state index contributed by atoms with van der Waals surface area (Å²) in [6, 6.07) is 9.72. The summed E-state index contributed by atoms with van der Waals surface area (Å²) in [7, 11) is 0. The van der Waals surface area contributed by atoms with E-state index in [4.69, 9.17) is 9.47 Å². The Morgan fingerprint density at radius 3 is 2.58 bits per heavy atom. The minimum Gasteiger partial charge on any atom is -0.462 e. The van der Waals surface area contributed by atoms with Crippen molar-refractivity contribution in [2.24, 2.45) is 0 Å². The number of carbonyl (C=O) groups is 1. The second-order valence-corrected chi connectivity index (χ2v) is 4.21. The van der Waals surface area contributed by atoms with Crippen molar-refractivity contribution < 1.29 is 14.3 Å². The Morgan fingerprint density at radius 1 is 1.21 bits per heavy atom. The van der Waals surface area contributed by atoms with Gasteiger partial charge in [0.2, 0.25) is 0 Å². The van der Waals surface area contributed by atoms with Gasteiger partial charge in [-0.1, -0.05) is 43.7 Å². The Morgan fingerprint density at radius 2 is 1.95 bits per heavy atom. The van der Waals surface area contributed by atoms with E-state index in [1.165, 1.54) is 0 Å². The highest BCUT2D eigenvalue weighted by Gasteiger charge is 2.11. The molecule has 0 N–H and O–H groups in total. The minimum atomic E-state index is -0.286. The van der Waals surface area contributed by atoms with Gasteiger partial charge in [0.05, 0.1) is 18.8 Å². The summed E-state index contributed by atoms with van der Waals surface area (Å²) in [5.41, 5.74) is 1.54. The molecule has 0 amide bonds. The molecule has 104 valence electrons. The molecule has 1 aromatic carbocycles. The van der Waals surface area contributed by atoms with Gasteiger partial charge >= 0.3 is 5.97 Å². The Hall–Kier alpha value is -1.61. The van der Waals surface area contributed by atoms with Crippen LogP contribution in [0.2, 0.25) is 0 Å². The fourth-order valence-electron chi connectivity index (χ4n) is 1.52. The van der Waals surface area contributed by atoms with Crippen molar-refractivity contribution in [3.05, 3.63) is 41.5 Å². The topological polar surface area (TPSA) is 35.5 Å². The first-order chi connectivity index (χ1) is 9.27. The molecule has 0 aliphatic carbocycles. The van der Waals surface area contributed by atoms with Crippen molar-refractivity contribution in [1.29, 1.82) is 0 Å². The molecular formula is C16H22O3. The van der Waals surface area contributed by atoms with Crippen LogP contribution in [0.15, 0.2) is 35.9 Å². The van der Waals surface area contributed by atoms with E-state index < -0.39 is 0 Å². The lowest BCUT2D eigenvalue weighted by molar-refractivity contribution is -0.139. The quantitative estimate of drug-likeness (QED) is 0.409. The Bertz CT molecular complexity index is 396. The monoisotopic (exact) mass is 262 g/mol. The van der Waals surface area contributed by atoms with E-state index in [1.807, 2.05) is 43.3 Å². The van der Waals surface area contributed by atoms with Crippen LogP contribution in [0.1, 0.15) is 32.3 Å². The summed E-state index contributed by atoms with van der Waals surface area (Å²) in [4.78, 5) is 12.0. The molecule has 0 saturated carbocycles. The highest BCUT2D eigenvalue weighted by atomic mass is 16.5. The number of benzene rings is 1. The molecule has 0 heterocycles. The molecule has 0 aromatic heterocycles. The van der Waals surface area contributed by atoms with Crippen LogP contribution in [0, 0.1) is 0 Å². The van der Waals surface area contributed by atoms with E-state index in [0.717, 1.165) is 18.4 Å². The van der Waals surface area contributed by atoms with Gasteiger partial charge in [-0.15, -0.1) is 0 Å². The van der Waals surface area contributed by atoms with Gasteiger partial charge in [-0.2, -0.15) is 0 Å². The first-order valence-corrected chi connectivity index (χ1v) is 6.78. The zero-order valence-corrected chi connectivity index (χ0v) is 11.7. The van der Waals surface area contributed by atoms with Crippen LogP contribution in [-0.2, 0) is 14.3 Å². The van der Waals surface area contributed by atoms with Gasteiger partial charge in [-0.25, -0.2) is 4.79 Å². The van der Waals surface area contributed by atoms with Gasteiger partial charge in [0.15, 0.2) is 0 Å². The Kier molecular flexibility index (Phi) is 7.59. The normalized spacial score (nSPS) is 11.4. The maximum absolute atomic E-state index is 12.0. The van der Waals surface area contributed by atoms with Crippen molar-refractivity contribution in [2.75, 3.05) is 19.8 Å². The van der Waals surface area contributed by atoms with E-state index in [-0.39, 0.29) is 12.6 Å². The van der Waals surface area contributed by atoms with Crippen LogP contribution in [0.25, 0.3) is 6.08 Å². The second-order valence-electron chi connectivity index (χ2n) is 4.21. The molecular weight excluding hydrogens is 240 g/mol. The molecule has 3 heteroatoms. The lowest BCUT2D eigenvalue weighted by atomic mass is 10.1. The maximum atomic E-state index is 12.0. The summed E-state index contributed by atoms with van der Waals surface area (Å²) in [6.45, 7) is 5.30. The fourth-order valence-corrected chi connectivity index (χ4v) is 1.52. The van der Waals surface area contributed by atoms with E-state index in [1.54, 1.807) is 0 Å². The number of carbonyl (C=O) groups excluding carboxylic acids is 1. The third kappa shape index (κ3) is 6.20. The highest BCUT2D eigenvalue weighted by molar-refractivity contribution is 5.94. The van der Waals surface area contributed by atoms with Crippen molar-refractivity contribution in [2.45, 2.75) is 26.7 Å². The third-order valence-corrected chi connectivity index (χ3v) is 2.60. The summed E-state index contributed by atoms with van der Waals surface area (Å²) in [5.74, 6) is -0.286. The molecule has 1 rings (SSSR count). The lowest BCUT2D eigenvalue weighted by Gasteiger charge is -2.08. The number of hydrogen-bond donors (Lipinski definition) is 0. The van der Waals surface area contributed by atoms with Crippen molar-refractivity contribution in [3.8, 4) is 0 Å². The molecule has 0 bridgehead atoms. The molecule has 3 nitrogen and oxygen atoms in total. The second kappa shape index (κ2) is 9.34. The van der Waals surface area contributed by atoms with Crippen molar-refractivity contribution >= 4 is 12.0 Å². The number of unbranched alkanes of at least 4 members (excludes halogenated alkanes) is 1. The fraction of sp³-hybridized carbons (Fsp3) is 0.438. The SMILES string of the molecule is CCCCOC(=O)C(=Cc1ccccc1)COCC. The molecule has 0 aliphatic rings. The number of hydrogen-bond acceptors (Lipinski definition) is 3. The number of esters is 1. The standard InChI is InChI=1S/C16H22O3/c1-3-5-11-19-16(17)15(13-18-4-2)12-14-9-7-6-8-10-14/h6-10,12H,3-5,11,13H2,1-2H3. The molecule has 0 aliphatic heterocycles. The molecule has 19 heavy (non-hydrogen) atoms. The maximum Gasteiger partial charge on any atom is 0.336 e. The molecule has 0 atom stereocenters. The largest absolute Gasteiger partial charge is 0.462 e. The molecule has 0 spiro atoms. The van der Waals surface area contributed by atoms with E-state index in [9.17, 15) is 4.79 Å². The van der Waals surface area contributed by atoms with Crippen molar-refractivity contribution in [1.82, 2.24) is 0 Å². The van der Waals surface area contributed by atoms with E-state index in [2.05, 4.69) is 6.92 Å². The molecule has 0 unspecified atom stereocenters. The van der Waals surface area contributed by atoms with Gasteiger partial charge < -0.3 is 9.47 Å². The van der Waals surface area contributed by atoms with E-state index >= 15 is 0 Å². The molecule has 0 saturated heterocycles.